The van der Waals surface area contributed by atoms with Gasteiger partial charge in [-0.15, -0.1) is 11.8 Å². The van der Waals surface area contributed by atoms with Gasteiger partial charge < -0.3 is 20.7 Å². The summed E-state index contributed by atoms with van der Waals surface area (Å²) in [6.07, 6.45) is 1.57. The van der Waals surface area contributed by atoms with Crippen LogP contribution < -0.4 is 20.7 Å². The number of anilines is 2. The van der Waals surface area contributed by atoms with Crippen LogP contribution in [-0.2, 0) is 9.59 Å². The van der Waals surface area contributed by atoms with E-state index in [4.69, 9.17) is 4.74 Å². The molecule has 4 rings (SSSR count). The highest BCUT2D eigenvalue weighted by Gasteiger charge is 2.16. The summed E-state index contributed by atoms with van der Waals surface area (Å²) in [5.41, 5.74) is 1.68. The molecule has 0 atom stereocenters. The summed E-state index contributed by atoms with van der Waals surface area (Å²) in [6.45, 7) is 0. The summed E-state index contributed by atoms with van der Waals surface area (Å²) in [5, 5.41) is 8.06. The number of carbonyl (C=O) groups excluding carboxylic acids is 3. The fraction of sp³-hybridized carbons (Fsp3) is 0.0645. The van der Waals surface area contributed by atoms with E-state index >= 15 is 0 Å². The van der Waals surface area contributed by atoms with E-state index in [9.17, 15) is 18.8 Å². The SMILES string of the molecule is COc1ccc(/C=C(/NC(=O)c2ccccc2)C(=O)Nc2cccc(SCC(=O)Nc3ccc(Br)cc3F)c2)cc1. The lowest BCUT2D eigenvalue weighted by molar-refractivity contribution is -0.114. The third-order valence-corrected chi connectivity index (χ3v) is 7.11. The maximum Gasteiger partial charge on any atom is 0.272 e. The van der Waals surface area contributed by atoms with Gasteiger partial charge in [0.05, 0.1) is 18.6 Å². The molecular formula is C31H25BrFN3O4S. The van der Waals surface area contributed by atoms with Crippen LogP contribution in [0.25, 0.3) is 6.08 Å². The molecule has 0 saturated heterocycles. The highest BCUT2D eigenvalue weighted by Crippen LogP contribution is 2.24. The Morgan fingerprint density at radius 3 is 2.37 bits per heavy atom. The van der Waals surface area contributed by atoms with Gasteiger partial charge in [-0.2, -0.15) is 0 Å². The molecule has 4 aromatic carbocycles. The first-order chi connectivity index (χ1) is 19.8. The number of hydrogen-bond acceptors (Lipinski definition) is 5. The molecule has 7 nitrogen and oxygen atoms in total. The first-order valence-corrected chi connectivity index (χ1v) is 14.1. The van der Waals surface area contributed by atoms with Gasteiger partial charge in [-0.05, 0) is 72.3 Å². The number of amides is 3. The third kappa shape index (κ3) is 8.79. The molecule has 3 N–H and O–H groups in total. The molecule has 0 fully saturated rings. The van der Waals surface area contributed by atoms with Crippen LogP contribution in [0.4, 0.5) is 15.8 Å². The van der Waals surface area contributed by atoms with Crippen molar-refractivity contribution < 1.29 is 23.5 Å². The zero-order valence-corrected chi connectivity index (χ0v) is 24.2. The summed E-state index contributed by atoms with van der Waals surface area (Å²) in [5.74, 6) is -1.19. The number of methoxy groups -OCH3 is 1. The number of thioether (sulfide) groups is 1. The van der Waals surface area contributed by atoms with Crippen LogP contribution in [0.5, 0.6) is 5.75 Å². The first kappa shape index (κ1) is 29.6. The number of hydrogen-bond donors (Lipinski definition) is 3. The lowest BCUT2D eigenvalue weighted by atomic mass is 10.1. The molecule has 0 aliphatic heterocycles. The molecular weight excluding hydrogens is 609 g/mol. The number of ether oxygens (including phenoxy) is 1. The first-order valence-electron chi connectivity index (χ1n) is 12.3. The van der Waals surface area contributed by atoms with E-state index in [1.807, 2.05) is 0 Å². The van der Waals surface area contributed by atoms with Crippen molar-refractivity contribution in [3.63, 3.8) is 0 Å². The summed E-state index contributed by atoms with van der Waals surface area (Å²) in [4.78, 5) is 39.3. The number of halogens is 2. The topological polar surface area (TPSA) is 96.5 Å². The quantitative estimate of drug-likeness (QED) is 0.133. The number of benzene rings is 4. The number of carbonyl (C=O) groups is 3. The maximum absolute atomic E-state index is 14.0. The van der Waals surface area contributed by atoms with Crippen molar-refractivity contribution in [1.82, 2.24) is 5.32 Å². The highest BCUT2D eigenvalue weighted by molar-refractivity contribution is 9.10. The maximum atomic E-state index is 14.0. The van der Waals surface area contributed by atoms with Gasteiger partial charge in [0.2, 0.25) is 5.91 Å². The zero-order valence-electron chi connectivity index (χ0n) is 21.8. The van der Waals surface area contributed by atoms with Crippen LogP contribution in [0.1, 0.15) is 15.9 Å². The molecule has 0 radical (unpaired) electrons. The van der Waals surface area contributed by atoms with E-state index < -0.39 is 17.6 Å². The van der Waals surface area contributed by atoms with Crippen molar-refractivity contribution in [2.45, 2.75) is 4.90 Å². The van der Waals surface area contributed by atoms with Gasteiger partial charge in [0.25, 0.3) is 11.8 Å². The Labute approximate surface area is 249 Å². The van der Waals surface area contributed by atoms with Gasteiger partial charge >= 0.3 is 0 Å². The van der Waals surface area contributed by atoms with Crippen LogP contribution in [0, 0.1) is 5.82 Å². The van der Waals surface area contributed by atoms with E-state index in [-0.39, 0.29) is 23.0 Å². The fourth-order valence-corrected chi connectivity index (χ4v) is 4.69. The van der Waals surface area contributed by atoms with Gasteiger partial charge in [-0.1, -0.05) is 52.3 Å². The van der Waals surface area contributed by atoms with Crippen molar-refractivity contribution in [3.05, 3.63) is 124 Å². The van der Waals surface area contributed by atoms with Crippen LogP contribution in [0.2, 0.25) is 0 Å². The molecule has 0 heterocycles. The minimum atomic E-state index is -0.541. The molecule has 0 aliphatic carbocycles. The van der Waals surface area contributed by atoms with E-state index in [2.05, 4.69) is 31.9 Å². The van der Waals surface area contributed by atoms with Crippen LogP contribution in [0.3, 0.4) is 0 Å². The smallest absolute Gasteiger partial charge is 0.272 e. The number of nitrogens with one attached hydrogen (secondary N) is 3. The van der Waals surface area contributed by atoms with Crippen molar-refractivity contribution in [3.8, 4) is 5.75 Å². The van der Waals surface area contributed by atoms with Crippen molar-refractivity contribution in [1.29, 1.82) is 0 Å². The summed E-state index contributed by atoms with van der Waals surface area (Å²) < 4.78 is 19.8. The van der Waals surface area contributed by atoms with E-state index in [1.54, 1.807) is 98.1 Å². The summed E-state index contributed by atoms with van der Waals surface area (Å²) in [7, 11) is 1.56. The van der Waals surface area contributed by atoms with Gasteiger partial charge in [-0.3, -0.25) is 14.4 Å². The predicted molar refractivity (Wildman–Crippen MR) is 163 cm³/mol. The Morgan fingerprint density at radius 2 is 1.66 bits per heavy atom. The molecule has 10 heteroatoms. The average Bonchev–Trinajstić information content (AvgIpc) is 2.98. The molecule has 3 amide bonds. The highest BCUT2D eigenvalue weighted by atomic mass is 79.9. The van der Waals surface area contributed by atoms with Crippen LogP contribution in [-0.4, -0.2) is 30.6 Å². The van der Waals surface area contributed by atoms with Gasteiger partial charge in [0.1, 0.15) is 17.3 Å². The van der Waals surface area contributed by atoms with Gasteiger partial charge in [-0.25, -0.2) is 4.39 Å². The predicted octanol–water partition coefficient (Wildman–Crippen LogP) is 6.74. The molecule has 0 spiro atoms. The summed E-state index contributed by atoms with van der Waals surface area (Å²) >= 11 is 4.41. The Balaban J connectivity index is 1.45. The Morgan fingerprint density at radius 1 is 0.902 bits per heavy atom. The lowest BCUT2D eigenvalue weighted by Crippen LogP contribution is -2.30. The summed E-state index contributed by atoms with van der Waals surface area (Å²) in [6, 6.07) is 26.9. The third-order valence-electron chi connectivity index (χ3n) is 5.62. The van der Waals surface area contributed by atoms with E-state index in [0.29, 0.717) is 31.9 Å². The standard InChI is InChI=1S/C31H25BrFN3O4S/c1-40-24-13-10-20(11-14-24)16-28(36-30(38)21-6-3-2-4-7-21)31(39)34-23-8-5-9-25(18-23)41-19-29(37)35-27-15-12-22(32)17-26(27)33/h2-18H,19H2,1H3,(H,34,39)(H,35,37)(H,36,38)/b28-16+. The van der Waals surface area contributed by atoms with Crippen molar-refractivity contribution in [2.75, 3.05) is 23.5 Å². The number of rotatable bonds is 10. The average molecular weight is 635 g/mol. The van der Waals surface area contributed by atoms with Gasteiger partial charge in [0.15, 0.2) is 0 Å². The molecule has 0 aromatic heterocycles. The second-order valence-corrected chi connectivity index (χ2v) is 10.6. The second kappa shape index (κ2) is 14.3. The molecule has 4 aromatic rings. The van der Waals surface area contributed by atoms with E-state index in [0.717, 1.165) is 0 Å². The Hall–Kier alpha value is -4.41. The molecule has 208 valence electrons. The van der Waals surface area contributed by atoms with Crippen molar-refractivity contribution >= 4 is 62.9 Å². The molecule has 41 heavy (non-hydrogen) atoms. The Bertz CT molecular complexity index is 1580. The minimum absolute atomic E-state index is 0.0304. The lowest BCUT2D eigenvalue weighted by Gasteiger charge is -2.12. The second-order valence-electron chi connectivity index (χ2n) is 8.59. The zero-order chi connectivity index (χ0) is 29.2. The molecule has 0 unspecified atom stereocenters. The normalized spacial score (nSPS) is 11.0. The minimum Gasteiger partial charge on any atom is -0.497 e. The molecule has 0 bridgehead atoms. The molecule has 0 saturated carbocycles. The van der Waals surface area contributed by atoms with Crippen LogP contribution >= 0.6 is 27.7 Å². The Kier molecular flexibility index (Phi) is 10.3. The molecule has 0 aliphatic rings. The van der Waals surface area contributed by atoms with Crippen molar-refractivity contribution in [2.24, 2.45) is 0 Å². The van der Waals surface area contributed by atoms with E-state index in [1.165, 1.54) is 23.9 Å². The van der Waals surface area contributed by atoms with Crippen LogP contribution in [0.15, 0.2) is 112 Å². The largest absolute Gasteiger partial charge is 0.497 e. The monoisotopic (exact) mass is 633 g/mol. The fourth-order valence-electron chi connectivity index (χ4n) is 3.60. The van der Waals surface area contributed by atoms with Gasteiger partial charge in [0, 0.05) is 20.6 Å².